The van der Waals surface area contributed by atoms with E-state index in [-0.39, 0.29) is 11.4 Å². The molecule has 1 heterocycles. The Morgan fingerprint density at radius 1 is 0.812 bits per heavy atom. The molecule has 0 bridgehead atoms. The Morgan fingerprint density at radius 3 is 1.44 bits per heavy atom. The Hall–Kier alpha value is -1.86. The summed E-state index contributed by atoms with van der Waals surface area (Å²) >= 11 is 0. The van der Waals surface area contributed by atoms with Crippen LogP contribution in [0, 0.1) is 0 Å². The lowest BCUT2D eigenvalue weighted by molar-refractivity contribution is -0.391. The van der Waals surface area contributed by atoms with Crippen molar-refractivity contribution in [2.75, 3.05) is 11.5 Å². The standard InChI is InChI=1S/C8H6F4N2O2/c9-7(10)8(11,12)16-6-2-4(14)3(13)1-5(6)15-7/h1-2H,13-14H2. The summed E-state index contributed by atoms with van der Waals surface area (Å²) in [4.78, 5) is 0. The average Bonchev–Trinajstić information content (AvgIpc) is 2.10. The van der Waals surface area contributed by atoms with Crippen molar-refractivity contribution >= 4 is 11.4 Å². The average molecular weight is 238 g/mol. The first-order valence-electron chi connectivity index (χ1n) is 4.05. The van der Waals surface area contributed by atoms with Gasteiger partial charge in [-0.1, -0.05) is 0 Å². The highest BCUT2D eigenvalue weighted by molar-refractivity contribution is 5.69. The number of anilines is 2. The maximum atomic E-state index is 12.7. The quantitative estimate of drug-likeness (QED) is 0.534. The fourth-order valence-electron chi connectivity index (χ4n) is 1.15. The minimum atomic E-state index is -4.75. The first kappa shape index (κ1) is 10.7. The highest BCUT2D eigenvalue weighted by atomic mass is 19.3. The van der Waals surface area contributed by atoms with Crippen LogP contribution in [0.1, 0.15) is 0 Å². The van der Waals surface area contributed by atoms with Crippen molar-refractivity contribution in [1.82, 2.24) is 0 Å². The molecule has 1 aliphatic rings. The smallest absolute Gasteiger partial charge is 0.421 e. The fourth-order valence-corrected chi connectivity index (χ4v) is 1.15. The molecule has 0 spiro atoms. The number of fused-ring (bicyclic) bond motifs is 1. The van der Waals surface area contributed by atoms with E-state index in [1.807, 2.05) is 0 Å². The summed E-state index contributed by atoms with van der Waals surface area (Å²) < 4.78 is 58.5. The largest absolute Gasteiger partial charge is 0.507 e. The Labute approximate surface area is 86.7 Å². The van der Waals surface area contributed by atoms with Crippen molar-refractivity contribution in [3.05, 3.63) is 12.1 Å². The van der Waals surface area contributed by atoms with Gasteiger partial charge in [0, 0.05) is 12.1 Å². The summed E-state index contributed by atoms with van der Waals surface area (Å²) in [5, 5.41) is 0. The minimum Gasteiger partial charge on any atom is -0.421 e. The molecule has 88 valence electrons. The maximum absolute atomic E-state index is 12.7. The molecular weight excluding hydrogens is 232 g/mol. The lowest BCUT2D eigenvalue weighted by Crippen LogP contribution is -2.52. The summed E-state index contributed by atoms with van der Waals surface area (Å²) in [5.74, 6) is -1.16. The highest BCUT2D eigenvalue weighted by Gasteiger charge is 2.66. The number of alkyl halides is 4. The summed E-state index contributed by atoms with van der Waals surface area (Å²) in [6.07, 6.45) is -9.49. The number of hydrogen-bond donors (Lipinski definition) is 2. The fraction of sp³-hybridized carbons (Fsp3) is 0.250. The van der Waals surface area contributed by atoms with E-state index in [1.165, 1.54) is 0 Å². The number of ether oxygens (including phenoxy) is 2. The second-order valence-corrected chi connectivity index (χ2v) is 3.17. The van der Waals surface area contributed by atoms with E-state index in [1.54, 1.807) is 0 Å². The third-order valence-electron chi connectivity index (χ3n) is 1.96. The van der Waals surface area contributed by atoms with Crippen LogP contribution in [-0.2, 0) is 0 Å². The zero-order valence-corrected chi connectivity index (χ0v) is 7.64. The minimum absolute atomic E-state index is 0.0663. The van der Waals surface area contributed by atoms with E-state index in [2.05, 4.69) is 9.47 Å². The van der Waals surface area contributed by atoms with Crippen molar-refractivity contribution < 1.29 is 27.0 Å². The normalized spacial score (nSPS) is 20.5. The van der Waals surface area contributed by atoms with Gasteiger partial charge in [0.15, 0.2) is 11.5 Å². The molecule has 0 aliphatic carbocycles. The summed E-state index contributed by atoms with van der Waals surface area (Å²) in [5.41, 5.74) is 10.5. The van der Waals surface area contributed by atoms with Gasteiger partial charge in [0.2, 0.25) is 0 Å². The van der Waals surface area contributed by atoms with Gasteiger partial charge < -0.3 is 20.9 Å². The third kappa shape index (κ3) is 1.37. The first-order valence-corrected chi connectivity index (χ1v) is 4.05. The van der Waals surface area contributed by atoms with E-state index in [0.717, 1.165) is 12.1 Å². The monoisotopic (exact) mass is 238 g/mol. The van der Waals surface area contributed by atoms with Gasteiger partial charge in [-0.25, -0.2) is 0 Å². The van der Waals surface area contributed by atoms with E-state index >= 15 is 0 Å². The van der Waals surface area contributed by atoms with Crippen LogP contribution < -0.4 is 20.9 Å². The molecule has 1 aromatic rings. The van der Waals surface area contributed by atoms with Crippen LogP contribution >= 0.6 is 0 Å². The summed E-state index contributed by atoms with van der Waals surface area (Å²) in [7, 11) is 0. The Morgan fingerprint density at radius 2 is 1.12 bits per heavy atom. The molecule has 0 fully saturated rings. The van der Waals surface area contributed by atoms with Crippen LogP contribution in [0.2, 0.25) is 0 Å². The second kappa shape index (κ2) is 2.83. The Kier molecular flexibility index (Phi) is 1.89. The summed E-state index contributed by atoms with van der Waals surface area (Å²) in [6, 6.07) is 1.79. The molecule has 0 radical (unpaired) electrons. The number of rotatable bonds is 0. The van der Waals surface area contributed by atoms with Crippen LogP contribution in [0.25, 0.3) is 0 Å². The van der Waals surface area contributed by atoms with Crippen LogP contribution in [0.5, 0.6) is 11.5 Å². The number of hydrogen-bond acceptors (Lipinski definition) is 4. The molecule has 0 amide bonds. The van der Waals surface area contributed by atoms with Crippen molar-refractivity contribution in [3.63, 3.8) is 0 Å². The second-order valence-electron chi connectivity index (χ2n) is 3.17. The zero-order valence-electron chi connectivity index (χ0n) is 7.64. The van der Waals surface area contributed by atoms with E-state index in [9.17, 15) is 17.6 Å². The van der Waals surface area contributed by atoms with E-state index in [4.69, 9.17) is 11.5 Å². The topological polar surface area (TPSA) is 70.5 Å². The van der Waals surface area contributed by atoms with Gasteiger partial charge >= 0.3 is 12.2 Å². The molecule has 0 saturated heterocycles. The molecule has 1 aliphatic heterocycles. The van der Waals surface area contributed by atoms with Crippen LogP contribution in [0.3, 0.4) is 0 Å². The lowest BCUT2D eigenvalue weighted by atomic mass is 10.2. The SMILES string of the molecule is Nc1cc2c(cc1N)OC(F)(F)C(F)(F)O2. The first-order chi connectivity index (χ1) is 7.23. The van der Waals surface area contributed by atoms with Crippen LogP contribution in [0.15, 0.2) is 12.1 Å². The number of nitrogen functional groups attached to an aromatic ring is 2. The molecule has 0 saturated carbocycles. The summed E-state index contributed by atoms with van der Waals surface area (Å²) in [6.45, 7) is 0. The molecule has 8 heteroatoms. The lowest BCUT2D eigenvalue weighted by Gasteiger charge is -2.32. The van der Waals surface area contributed by atoms with E-state index < -0.39 is 23.7 Å². The molecular formula is C8H6F4N2O2. The van der Waals surface area contributed by atoms with Crippen LogP contribution in [-0.4, -0.2) is 12.2 Å². The van der Waals surface area contributed by atoms with E-state index in [0.29, 0.717) is 0 Å². The van der Waals surface area contributed by atoms with Gasteiger partial charge in [-0.15, -0.1) is 0 Å². The van der Waals surface area contributed by atoms with Gasteiger partial charge in [0.1, 0.15) is 0 Å². The van der Waals surface area contributed by atoms with Gasteiger partial charge in [0.25, 0.3) is 0 Å². The van der Waals surface area contributed by atoms with Gasteiger partial charge in [-0.3, -0.25) is 0 Å². The molecule has 4 nitrogen and oxygen atoms in total. The van der Waals surface area contributed by atoms with Crippen LogP contribution in [0.4, 0.5) is 28.9 Å². The molecule has 0 unspecified atom stereocenters. The molecule has 2 rings (SSSR count). The zero-order chi connectivity index (χ0) is 12.1. The van der Waals surface area contributed by atoms with Crippen molar-refractivity contribution in [3.8, 4) is 11.5 Å². The molecule has 0 atom stereocenters. The molecule has 16 heavy (non-hydrogen) atoms. The maximum Gasteiger partial charge on any atom is 0.507 e. The number of halogens is 4. The number of nitrogens with two attached hydrogens (primary N) is 2. The predicted molar refractivity (Wildman–Crippen MR) is 46.4 cm³/mol. The predicted octanol–water partition coefficient (Wildman–Crippen LogP) is 1.81. The van der Waals surface area contributed by atoms with Gasteiger partial charge in [0.05, 0.1) is 11.4 Å². The number of benzene rings is 1. The molecule has 0 aromatic heterocycles. The third-order valence-corrected chi connectivity index (χ3v) is 1.96. The molecule has 4 N–H and O–H groups in total. The van der Waals surface area contributed by atoms with Crippen molar-refractivity contribution in [1.29, 1.82) is 0 Å². The Balaban J connectivity index is 2.52. The Bertz CT molecular complexity index is 409. The van der Waals surface area contributed by atoms with Gasteiger partial charge in [-0.2, -0.15) is 17.6 Å². The highest BCUT2D eigenvalue weighted by Crippen LogP contribution is 2.48. The molecule has 1 aromatic carbocycles. The van der Waals surface area contributed by atoms with Crippen molar-refractivity contribution in [2.45, 2.75) is 12.2 Å². The van der Waals surface area contributed by atoms with Crippen molar-refractivity contribution in [2.24, 2.45) is 0 Å². The van der Waals surface area contributed by atoms with Gasteiger partial charge in [-0.05, 0) is 0 Å².